The summed E-state index contributed by atoms with van der Waals surface area (Å²) in [5, 5.41) is 13.2. The molecule has 1 aromatic carbocycles. The Morgan fingerprint density at radius 3 is 2.17 bits per heavy atom. The molecule has 3 nitrogen and oxygen atoms in total. The number of hydrogen-bond acceptors (Lipinski definition) is 3. The van der Waals surface area contributed by atoms with E-state index in [-0.39, 0.29) is 5.56 Å². The van der Waals surface area contributed by atoms with Gasteiger partial charge in [-0.2, -0.15) is 13.2 Å². The standard InChI is InChI=1S/C16H22F4N2O/c1-15(2,3)14(22-8-6-21-7-9-22)12-10(16(18,19)20)4-5-11(17)13(12)23/h4-5,14,21,23H,6-9H2,1-3H3/t14-/m0/s1. The van der Waals surface area contributed by atoms with Crippen LogP contribution in [0.2, 0.25) is 0 Å². The second kappa shape index (κ2) is 6.28. The van der Waals surface area contributed by atoms with Crippen LogP contribution in [0.25, 0.3) is 0 Å². The van der Waals surface area contributed by atoms with Gasteiger partial charge in [0.15, 0.2) is 11.6 Å². The fourth-order valence-corrected chi connectivity index (χ4v) is 3.21. The molecular formula is C16H22F4N2O. The lowest BCUT2D eigenvalue weighted by Gasteiger charge is -2.43. The Bertz CT molecular complexity index is 560. The molecule has 0 saturated carbocycles. The van der Waals surface area contributed by atoms with Crippen molar-refractivity contribution in [3.8, 4) is 5.75 Å². The molecular weight excluding hydrogens is 312 g/mol. The Kier molecular flexibility index (Phi) is 4.92. The van der Waals surface area contributed by atoms with E-state index in [1.807, 2.05) is 4.90 Å². The predicted octanol–water partition coefficient (Wildman–Crippen LogP) is 3.54. The molecule has 0 amide bonds. The SMILES string of the molecule is CC(C)(C)[C@H](c1c(C(F)(F)F)ccc(F)c1O)N1CCNCC1. The molecule has 0 spiro atoms. The minimum atomic E-state index is -4.65. The highest BCUT2D eigenvalue weighted by atomic mass is 19.4. The lowest BCUT2D eigenvalue weighted by atomic mass is 9.78. The molecule has 1 aliphatic heterocycles. The number of nitrogens with zero attached hydrogens (tertiary/aromatic N) is 1. The smallest absolute Gasteiger partial charge is 0.416 e. The van der Waals surface area contributed by atoms with Gasteiger partial charge in [0, 0.05) is 37.8 Å². The van der Waals surface area contributed by atoms with E-state index in [0.29, 0.717) is 38.3 Å². The second-order valence-corrected chi connectivity index (χ2v) is 6.91. The third-order valence-electron chi connectivity index (χ3n) is 4.08. The van der Waals surface area contributed by atoms with Crippen LogP contribution in [-0.2, 0) is 6.18 Å². The Hall–Kier alpha value is -1.34. The molecule has 1 saturated heterocycles. The van der Waals surface area contributed by atoms with Crippen LogP contribution in [0, 0.1) is 11.2 Å². The average molecular weight is 334 g/mol. The van der Waals surface area contributed by atoms with Gasteiger partial charge >= 0.3 is 6.18 Å². The number of phenolic OH excluding ortho intramolecular Hbond substituents is 1. The van der Waals surface area contributed by atoms with E-state index >= 15 is 0 Å². The normalized spacial score (nSPS) is 18.9. The van der Waals surface area contributed by atoms with Crippen LogP contribution in [0.3, 0.4) is 0 Å². The maximum absolute atomic E-state index is 13.8. The maximum Gasteiger partial charge on any atom is 0.416 e. The van der Waals surface area contributed by atoms with Crippen LogP contribution in [-0.4, -0.2) is 36.2 Å². The Balaban J connectivity index is 2.64. The summed E-state index contributed by atoms with van der Waals surface area (Å²) in [4.78, 5) is 1.88. The number of nitrogens with one attached hydrogen (secondary N) is 1. The van der Waals surface area contributed by atoms with E-state index in [0.717, 1.165) is 0 Å². The highest BCUT2D eigenvalue weighted by Gasteiger charge is 2.43. The monoisotopic (exact) mass is 334 g/mol. The molecule has 1 aromatic rings. The van der Waals surface area contributed by atoms with Gasteiger partial charge in [-0.05, 0) is 17.5 Å². The van der Waals surface area contributed by atoms with Crippen LogP contribution < -0.4 is 5.32 Å². The number of rotatable bonds is 2. The fraction of sp³-hybridized carbons (Fsp3) is 0.625. The van der Waals surface area contributed by atoms with Crippen molar-refractivity contribution in [2.45, 2.75) is 33.0 Å². The minimum Gasteiger partial charge on any atom is -0.505 e. The third kappa shape index (κ3) is 3.77. The number of phenols is 1. The molecule has 0 aliphatic carbocycles. The summed E-state index contributed by atoms with van der Waals surface area (Å²) in [6.45, 7) is 7.75. The van der Waals surface area contributed by atoms with Crippen molar-refractivity contribution in [3.05, 3.63) is 29.1 Å². The Morgan fingerprint density at radius 2 is 1.70 bits per heavy atom. The number of aromatic hydroxyl groups is 1. The summed E-state index contributed by atoms with van der Waals surface area (Å²) in [5.41, 5.74) is -1.95. The summed E-state index contributed by atoms with van der Waals surface area (Å²) < 4.78 is 54.0. The summed E-state index contributed by atoms with van der Waals surface area (Å²) in [5.74, 6) is -1.93. The summed E-state index contributed by atoms with van der Waals surface area (Å²) in [6, 6.07) is 0.640. The van der Waals surface area contributed by atoms with Gasteiger partial charge in [-0.1, -0.05) is 20.8 Å². The Morgan fingerprint density at radius 1 is 1.13 bits per heavy atom. The zero-order valence-corrected chi connectivity index (χ0v) is 13.5. The molecule has 7 heteroatoms. The summed E-state index contributed by atoms with van der Waals surface area (Å²) in [6.07, 6.45) is -4.65. The number of piperazine rings is 1. The van der Waals surface area contributed by atoms with Gasteiger partial charge in [-0.3, -0.25) is 4.90 Å². The van der Waals surface area contributed by atoms with Crippen molar-refractivity contribution >= 4 is 0 Å². The van der Waals surface area contributed by atoms with E-state index in [4.69, 9.17) is 0 Å². The molecule has 0 radical (unpaired) electrons. The summed E-state index contributed by atoms with van der Waals surface area (Å²) >= 11 is 0. The van der Waals surface area contributed by atoms with Crippen molar-refractivity contribution in [1.29, 1.82) is 0 Å². The van der Waals surface area contributed by atoms with Crippen molar-refractivity contribution in [1.82, 2.24) is 10.2 Å². The van der Waals surface area contributed by atoms with Gasteiger partial charge < -0.3 is 10.4 Å². The van der Waals surface area contributed by atoms with Gasteiger partial charge in [0.25, 0.3) is 0 Å². The lowest BCUT2D eigenvalue weighted by molar-refractivity contribution is -0.139. The average Bonchev–Trinajstić information content (AvgIpc) is 2.42. The van der Waals surface area contributed by atoms with Crippen LogP contribution >= 0.6 is 0 Å². The van der Waals surface area contributed by atoms with E-state index < -0.39 is 34.8 Å². The minimum absolute atomic E-state index is 0.369. The van der Waals surface area contributed by atoms with E-state index in [9.17, 15) is 22.7 Å². The van der Waals surface area contributed by atoms with Crippen LogP contribution in [0.15, 0.2) is 12.1 Å². The first-order valence-corrected chi connectivity index (χ1v) is 7.57. The van der Waals surface area contributed by atoms with E-state index in [1.165, 1.54) is 0 Å². The van der Waals surface area contributed by atoms with Crippen LogP contribution in [0.5, 0.6) is 5.75 Å². The van der Waals surface area contributed by atoms with Gasteiger partial charge in [0.1, 0.15) is 0 Å². The molecule has 0 unspecified atom stereocenters. The van der Waals surface area contributed by atoms with Crippen molar-refractivity contribution in [2.75, 3.05) is 26.2 Å². The number of alkyl halides is 3. The topological polar surface area (TPSA) is 35.5 Å². The second-order valence-electron chi connectivity index (χ2n) is 6.91. The summed E-state index contributed by atoms with van der Waals surface area (Å²) in [7, 11) is 0. The number of halogens is 4. The van der Waals surface area contributed by atoms with Gasteiger partial charge in [-0.25, -0.2) is 4.39 Å². The quantitative estimate of drug-likeness (QED) is 0.812. The zero-order valence-electron chi connectivity index (χ0n) is 13.5. The molecule has 23 heavy (non-hydrogen) atoms. The maximum atomic E-state index is 13.8. The number of benzene rings is 1. The molecule has 0 bridgehead atoms. The third-order valence-corrected chi connectivity index (χ3v) is 4.08. The first-order chi connectivity index (χ1) is 10.5. The molecule has 2 N–H and O–H groups in total. The fourth-order valence-electron chi connectivity index (χ4n) is 3.21. The lowest BCUT2D eigenvalue weighted by Crippen LogP contribution is -2.48. The molecule has 2 rings (SSSR count). The van der Waals surface area contributed by atoms with Gasteiger partial charge in [0.2, 0.25) is 0 Å². The molecule has 1 heterocycles. The Labute approximate surface area is 133 Å². The molecule has 0 aromatic heterocycles. The van der Waals surface area contributed by atoms with Crippen molar-refractivity contribution in [3.63, 3.8) is 0 Å². The van der Waals surface area contributed by atoms with E-state index in [1.54, 1.807) is 20.8 Å². The van der Waals surface area contributed by atoms with Crippen LogP contribution in [0.4, 0.5) is 17.6 Å². The zero-order chi connectivity index (χ0) is 17.4. The van der Waals surface area contributed by atoms with Crippen molar-refractivity contribution in [2.24, 2.45) is 5.41 Å². The molecule has 1 aliphatic rings. The van der Waals surface area contributed by atoms with E-state index in [2.05, 4.69) is 5.32 Å². The highest BCUT2D eigenvalue weighted by Crippen LogP contribution is 2.48. The molecule has 1 atom stereocenters. The predicted molar refractivity (Wildman–Crippen MR) is 79.7 cm³/mol. The molecule has 130 valence electrons. The highest BCUT2D eigenvalue weighted by molar-refractivity contribution is 5.45. The van der Waals surface area contributed by atoms with Crippen LogP contribution in [0.1, 0.15) is 37.9 Å². The molecule has 1 fully saturated rings. The first kappa shape index (κ1) is 18.0. The number of hydrogen-bond donors (Lipinski definition) is 2. The van der Waals surface area contributed by atoms with Crippen molar-refractivity contribution < 1.29 is 22.7 Å². The van der Waals surface area contributed by atoms with Gasteiger partial charge in [-0.15, -0.1) is 0 Å². The largest absolute Gasteiger partial charge is 0.505 e. The first-order valence-electron chi connectivity index (χ1n) is 7.57. The van der Waals surface area contributed by atoms with Gasteiger partial charge in [0.05, 0.1) is 5.56 Å².